The molecule has 3 heterocycles. The van der Waals surface area contributed by atoms with Gasteiger partial charge in [0.05, 0.1) is 7.11 Å². The fourth-order valence-electron chi connectivity index (χ4n) is 4.37. The first kappa shape index (κ1) is 19.7. The molecule has 29 heavy (non-hydrogen) atoms. The van der Waals surface area contributed by atoms with Gasteiger partial charge in [0, 0.05) is 50.5 Å². The van der Waals surface area contributed by atoms with Gasteiger partial charge >= 0.3 is 0 Å². The second-order valence-corrected chi connectivity index (χ2v) is 8.00. The van der Waals surface area contributed by atoms with E-state index in [1.54, 1.807) is 13.3 Å². The number of rotatable bonds is 5. The number of pyridine rings is 1. The molecule has 2 fully saturated rings. The van der Waals surface area contributed by atoms with Gasteiger partial charge in [-0.25, -0.2) is 4.98 Å². The molecule has 0 bridgehead atoms. The zero-order chi connectivity index (χ0) is 20.2. The van der Waals surface area contributed by atoms with E-state index in [-0.39, 0.29) is 11.9 Å². The highest BCUT2D eigenvalue weighted by molar-refractivity contribution is 5.95. The first-order valence-electron chi connectivity index (χ1n) is 10.5. The monoisotopic (exact) mass is 394 g/mol. The molecule has 2 aliphatic rings. The number of benzene rings is 1. The Hall–Kier alpha value is -2.60. The number of methoxy groups -OCH3 is 1. The lowest BCUT2D eigenvalue weighted by Gasteiger charge is -2.33. The third-order valence-electron chi connectivity index (χ3n) is 6.11. The molecule has 0 spiro atoms. The van der Waals surface area contributed by atoms with Gasteiger partial charge in [-0.05, 0) is 50.1 Å². The number of ether oxygens (including phenoxy) is 1. The van der Waals surface area contributed by atoms with Crippen LogP contribution in [0.3, 0.4) is 0 Å². The van der Waals surface area contributed by atoms with Gasteiger partial charge in [0.1, 0.15) is 11.6 Å². The average Bonchev–Trinajstić information content (AvgIpc) is 3.22. The topological polar surface area (TPSA) is 48.9 Å². The molecular weight excluding hydrogens is 364 g/mol. The molecule has 1 atom stereocenters. The van der Waals surface area contributed by atoms with Gasteiger partial charge in [-0.15, -0.1) is 0 Å². The van der Waals surface area contributed by atoms with Crippen LogP contribution in [0.5, 0.6) is 5.75 Å². The van der Waals surface area contributed by atoms with Crippen molar-refractivity contribution < 1.29 is 9.53 Å². The third kappa shape index (κ3) is 4.37. The number of anilines is 1. The van der Waals surface area contributed by atoms with Crippen molar-refractivity contribution in [2.45, 2.75) is 25.3 Å². The quantitative estimate of drug-likeness (QED) is 0.780. The number of piperazine rings is 1. The summed E-state index contributed by atoms with van der Waals surface area (Å²) in [7, 11) is 3.84. The second kappa shape index (κ2) is 8.82. The van der Waals surface area contributed by atoms with E-state index in [9.17, 15) is 4.79 Å². The lowest BCUT2D eigenvalue weighted by atomic mass is 10.0. The predicted molar refractivity (Wildman–Crippen MR) is 115 cm³/mol. The van der Waals surface area contributed by atoms with Crippen LogP contribution in [-0.2, 0) is 6.42 Å². The number of amides is 1. The number of likely N-dealkylation sites (tertiary alicyclic amines) is 1. The number of likely N-dealkylation sites (N-methyl/N-ethyl adjacent to an activating group) is 1. The van der Waals surface area contributed by atoms with Crippen molar-refractivity contribution in [1.29, 1.82) is 0 Å². The van der Waals surface area contributed by atoms with E-state index in [0.717, 1.165) is 74.7 Å². The summed E-state index contributed by atoms with van der Waals surface area (Å²) in [6.45, 7) is 4.74. The molecule has 6 heteroatoms. The Bertz CT molecular complexity index is 848. The van der Waals surface area contributed by atoms with E-state index in [2.05, 4.69) is 27.9 Å². The zero-order valence-corrected chi connectivity index (χ0v) is 17.4. The number of hydrogen-bond acceptors (Lipinski definition) is 5. The van der Waals surface area contributed by atoms with E-state index in [1.807, 2.05) is 35.2 Å². The van der Waals surface area contributed by atoms with Crippen molar-refractivity contribution in [1.82, 2.24) is 14.8 Å². The molecule has 0 radical (unpaired) electrons. The predicted octanol–water partition coefficient (Wildman–Crippen LogP) is 2.69. The molecule has 154 valence electrons. The molecule has 1 unspecified atom stereocenters. The van der Waals surface area contributed by atoms with Gasteiger partial charge in [0.2, 0.25) is 0 Å². The minimum absolute atomic E-state index is 0.111. The Morgan fingerprint density at radius 1 is 1.14 bits per heavy atom. The van der Waals surface area contributed by atoms with Crippen molar-refractivity contribution in [3.8, 4) is 5.75 Å². The first-order chi connectivity index (χ1) is 14.2. The van der Waals surface area contributed by atoms with Gasteiger partial charge in [0.25, 0.3) is 5.91 Å². The minimum Gasteiger partial charge on any atom is -0.496 e. The molecule has 6 nitrogen and oxygen atoms in total. The fraction of sp³-hybridized carbons (Fsp3) is 0.478. The fourth-order valence-corrected chi connectivity index (χ4v) is 4.37. The van der Waals surface area contributed by atoms with E-state index >= 15 is 0 Å². The Balaban J connectivity index is 1.49. The van der Waals surface area contributed by atoms with Crippen molar-refractivity contribution in [2.75, 3.05) is 51.8 Å². The van der Waals surface area contributed by atoms with Crippen LogP contribution in [0.2, 0.25) is 0 Å². The zero-order valence-electron chi connectivity index (χ0n) is 17.4. The van der Waals surface area contributed by atoms with Crippen molar-refractivity contribution in [2.24, 2.45) is 0 Å². The largest absolute Gasteiger partial charge is 0.496 e. The average molecular weight is 395 g/mol. The standard InChI is InChI=1S/C23H30N4O2/c1-25-12-14-26(15-13-25)22-17-19(9-10-24-22)23(28)27-11-5-7-20(27)16-18-6-3-4-8-21(18)29-2/h3-4,6,8-10,17,20H,5,7,11-16H2,1-2H3. The summed E-state index contributed by atoms with van der Waals surface area (Å²) < 4.78 is 5.51. The highest BCUT2D eigenvalue weighted by Crippen LogP contribution is 2.27. The van der Waals surface area contributed by atoms with Gasteiger partial charge in [0.15, 0.2) is 0 Å². The molecule has 0 N–H and O–H groups in total. The molecule has 1 aromatic heterocycles. The Morgan fingerprint density at radius 3 is 2.72 bits per heavy atom. The van der Waals surface area contributed by atoms with Gasteiger partial charge in [-0.1, -0.05) is 18.2 Å². The molecule has 2 aliphatic heterocycles. The van der Waals surface area contributed by atoms with Crippen LogP contribution in [0.4, 0.5) is 5.82 Å². The van der Waals surface area contributed by atoms with Gasteiger partial charge in [-0.2, -0.15) is 0 Å². The van der Waals surface area contributed by atoms with Crippen LogP contribution in [-0.4, -0.2) is 73.6 Å². The summed E-state index contributed by atoms with van der Waals surface area (Å²) in [5.41, 5.74) is 1.90. The highest BCUT2D eigenvalue weighted by Gasteiger charge is 2.30. The lowest BCUT2D eigenvalue weighted by Crippen LogP contribution is -2.45. The van der Waals surface area contributed by atoms with E-state index < -0.39 is 0 Å². The third-order valence-corrected chi connectivity index (χ3v) is 6.11. The molecule has 1 amide bonds. The summed E-state index contributed by atoms with van der Waals surface area (Å²) in [6, 6.07) is 12.1. The summed E-state index contributed by atoms with van der Waals surface area (Å²) in [5.74, 6) is 1.91. The van der Waals surface area contributed by atoms with Crippen molar-refractivity contribution >= 4 is 11.7 Å². The normalized spacial score (nSPS) is 20.1. The number of para-hydroxylation sites is 1. The number of nitrogens with zero attached hydrogens (tertiary/aromatic N) is 4. The molecular formula is C23H30N4O2. The number of carbonyl (C=O) groups excluding carboxylic acids is 1. The van der Waals surface area contributed by atoms with Crippen molar-refractivity contribution in [3.63, 3.8) is 0 Å². The van der Waals surface area contributed by atoms with Crippen LogP contribution in [0, 0.1) is 0 Å². The summed E-state index contributed by atoms with van der Waals surface area (Å²) in [4.78, 5) is 24.5. The van der Waals surface area contributed by atoms with E-state index in [1.165, 1.54) is 0 Å². The van der Waals surface area contributed by atoms with Gasteiger partial charge in [-0.3, -0.25) is 4.79 Å². The maximum absolute atomic E-state index is 13.3. The molecule has 4 rings (SSSR count). The molecule has 0 aliphatic carbocycles. The Morgan fingerprint density at radius 2 is 1.93 bits per heavy atom. The molecule has 0 saturated carbocycles. The lowest BCUT2D eigenvalue weighted by molar-refractivity contribution is 0.0736. The van der Waals surface area contributed by atoms with Crippen LogP contribution in [0.25, 0.3) is 0 Å². The molecule has 2 aromatic rings. The Kier molecular flexibility index (Phi) is 6.00. The second-order valence-electron chi connectivity index (χ2n) is 8.00. The number of hydrogen-bond donors (Lipinski definition) is 0. The highest BCUT2D eigenvalue weighted by atomic mass is 16.5. The summed E-state index contributed by atoms with van der Waals surface area (Å²) in [5, 5.41) is 0. The van der Waals surface area contributed by atoms with Crippen LogP contribution in [0.1, 0.15) is 28.8 Å². The molecule has 1 aromatic carbocycles. The van der Waals surface area contributed by atoms with Crippen LogP contribution in [0.15, 0.2) is 42.6 Å². The maximum Gasteiger partial charge on any atom is 0.254 e. The first-order valence-corrected chi connectivity index (χ1v) is 10.5. The maximum atomic E-state index is 13.3. The SMILES string of the molecule is COc1ccccc1CC1CCCN1C(=O)c1ccnc(N2CCN(C)CC2)c1. The number of aromatic nitrogens is 1. The summed E-state index contributed by atoms with van der Waals surface area (Å²) >= 11 is 0. The van der Waals surface area contributed by atoms with Crippen LogP contribution >= 0.6 is 0 Å². The number of carbonyl (C=O) groups is 1. The minimum atomic E-state index is 0.111. The molecule has 2 saturated heterocycles. The Labute approximate surface area is 173 Å². The van der Waals surface area contributed by atoms with E-state index in [4.69, 9.17) is 4.74 Å². The van der Waals surface area contributed by atoms with E-state index in [0.29, 0.717) is 0 Å². The summed E-state index contributed by atoms with van der Waals surface area (Å²) in [6.07, 6.45) is 4.67. The smallest absolute Gasteiger partial charge is 0.254 e. The van der Waals surface area contributed by atoms with Crippen molar-refractivity contribution in [3.05, 3.63) is 53.7 Å². The van der Waals surface area contributed by atoms with Gasteiger partial charge < -0.3 is 19.4 Å². The van der Waals surface area contributed by atoms with Crippen LogP contribution < -0.4 is 9.64 Å².